The Morgan fingerprint density at radius 1 is 0.322 bits per heavy atom. The second-order valence-corrected chi connectivity index (χ2v) is 17.4. The molecule has 0 aromatic rings. The highest BCUT2D eigenvalue weighted by molar-refractivity contribution is 5.71. The van der Waals surface area contributed by atoms with Crippen LogP contribution in [0.2, 0.25) is 0 Å². The minimum absolute atomic E-state index is 0.0728. The molecule has 0 aliphatic rings. The zero-order valence-electron chi connectivity index (χ0n) is 39.5. The van der Waals surface area contributed by atoms with Crippen LogP contribution in [0.1, 0.15) is 278 Å². The lowest BCUT2D eigenvalue weighted by Gasteiger charge is -2.18. The molecule has 0 aliphatic carbocycles. The van der Waals surface area contributed by atoms with Crippen molar-refractivity contribution >= 4 is 17.9 Å². The van der Waals surface area contributed by atoms with Crippen molar-refractivity contribution in [3.63, 3.8) is 0 Å². The van der Waals surface area contributed by atoms with E-state index < -0.39 is 6.10 Å². The van der Waals surface area contributed by atoms with Crippen LogP contribution in [0, 0.1) is 0 Å². The van der Waals surface area contributed by atoms with Crippen molar-refractivity contribution < 1.29 is 28.6 Å². The largest absolute Gasteiger partial charge is 0.462 e. The summed E-state index contributed by atoms with van der Waals surface area (Å²) in [5.74, 6) is -0.878. The number of carbonyl (C=O) groups excluding carboxylic acids is 3. The molecule has 1 atom stereocenters. The zero-order chi connectivity index (χ0) is 43.0. The van der Waals surface area contributed by atoms with Gasteiger partial charge in [-0.3, -0.25) is 14.4 Å². The summed E-state index contributed by atoms with van der Waals surface area (Å²) in [5, 5.41) is 0. The Labute approximate surface area is 366 Å². The van der Waals surface area contributed by atoms with Crippen LogP contribution in [-0.4, -0.2) is 37.2 Å². The second kappa shape index (κ2) is 48.6. The van der Waals surface area contributed by atoms with E-state index in [4.69, 9.17) is 14.2 Å². The van der Waals surface area contributed by atoms with Crippen LogP contribution < -0.4 is 0 Å². The first-order valence-electron chi connectivity index (χ1n) is 25.8. The van der Waals surface area contributed by atoms with Crippen molar-refractivity contribution in [2.75, 3.05) is 13.2 Å². The second-order valence-electron chi connectivity index (χ2n) is 17.4. The highest BCUT2D eigenvalue weighted by atomic mass is 16.6. The number of carbonyl (C=O) groups is 3. The van der Waals surface area contributed by atoms with Gasteiger partial charge in [-0.15, -0.1) is 0 Å². The lowest BCUT2D eigenvalue weighted by molar-refractivity contribution is -0.167. The van der Waals surface area contributed by atoms with Gasteiger partial charge in [0, 0.05) is 19.3 Å². The summed E-state index contributed by atoms with van der Waals surface area (Å²) >= 11 is 0. The lowest BCUT2D eigenvalue weighted by Crippen LogP contribution is -2.30. The van der Waals surface area contributed by atoms with Gasteiger partial charge < -0.3 is 14.2 Å². The van der Waals surface area contributed by atoms with Gasteiger partial charge in [0.05, 0.1) is 0 Å². The minimum atomic E-state index is -0.771. The fourth-order valence-corrected chi connectivity index (χ4v) is 7.49. The van der Waals surface area contributed by atoms with E-state index in [0.29, 0.717) is 19.3 Å². The van der Waals surface area contributed by atoms with Gasteiger partial charge in [-0.2, -0.15) is 0 Å². The highest BCUT2D eigenvalue weighted by Crippen LogP contribution is 2.15. The molecule has 0 aromatic heterocycles. The van der Waals surface area contributed by atoms with Crippen molar-refractivity contribution in [1.82, 2.24) is 0 Å². The van der Waals surface area contributed by atoms with Crippen molar-refractivity contribution in [1.29, 1.82) is 0 Å². The van der Waals surface area contributed by atoms with E-state index in [0.717, 1.165) is 64.2 Å². The van der Waals surface area contributed by atoms with E-state index in [1.807, 2.05) is 0 Å². The van der Waals surface area contributed by atoms with Crippen LogP contribution in [0.5, 0.6) is 0 Å². The maximum absolute atomic E-state index is 12.7. The summed E-state index contributed by atoms with van der Waals surface area (Å²) in [4.78, 5) is 37.8. The molecule has 0 bridgehead atoms. The molecule has 0 aromatic carbocycles. The molecule has 0 amide bonds. The Balaban J connectivity index is 4.28. The Bertz CT molecular complexity index is 958. The Morgan fingerprint density at radius 3 is 0.881 bits per heavy atom. The van der Waals surface area contributed by atoms with Crippen molar-refractivity contribution in [2.45, 2.75) is 284 Å². The standard InChI is InChI=1S/C53H98O6/c1-4-7-10-13-16-19-22-24-25-26-27-28-29-30-32-34-37-40-43-46-52(55)58-49-50(48-57-51(54)45-42-39-36-33-21-18-15-12-9-6-3)59-53(56)47-44-41-38-35-31-23-20-17-14-11-8-5-2/h17,20,26-27,50H,4-16,18-19,21-25,28-49H2,1-3H3/b20-17-,27-26-. The Morgan fingerprint density at radius 2 is 0.559 bits per heavy atom. The molecule has 0 rings (SSSR count). The molecule has 0 aliphatic heterocycles. The minimum Gasteiger partial charge on any atom is -0.462 e. The molecule has 1 unspecified atom stereocenters. The van der Waals surface area contributed by atoms with Crippen molar-refractivity contribution in [3.05, 3.63) is 24.3 Å². The Kier molecular flexibility index (Phi) is 46.8. The fourth-order valence-electron chi connectivity index (χ4n) is 7.49. The highest BCUT2D eigenvalue weighted by Gasteiger charge is 2.19. The SMILES string of the molecule is CCCCC/C=C\CCCCCCCC(=O)OC(COC(=O)CCCCCCCCC/C=C\CCCCCCCCCC)COC(=O)CCCCCCCCCCCC. The van der Waals surface area contributed by atoms with Crippen LogP contribution in [0.3, 0.4) is 0 Å². The summed E-state index contributed by atoms with van der Waals surface area (Å²) in [7, 11) is 0. The number of unbranched alkanes of at least 4 members (excludes halogenated alkanes) is 32. The van der Waals surface area contributed by atoms with Gasteiger partial charge >= 0.3 is 17.9 Å². The van der Waals surface area contributed by atoms with Crippen LogP contribution in [0.25, 0.3) is 0 Å². The van der Waals surface area contributed by atoms with Crippen LogP contribution in [0.4, 0.5) is 0 Å². The molecular formula is C53H98O6. The van der Waals surface area contributed by atoms with E-state index in [-0.39, 0.29) is 31.1 Å². The summed E-state index contributed by atoms with van der Waals surface area (Å²) in [6.07, 6.45) is 54.5. The number of hydrogen-bond acceptors (Lipinski definition) is 6. The van der Waals surface area contributed by atoms with Gasteiger partial charge in [0.25, 0.3) is 0 Å². The summed E-state index contributed by atoms with van der Waals surface area (Å²) < 4.78 is 16.8. The van der Waals surface area contributed by atoms with Crippen LogP contribution in [-0.2, 0) is 28.6 Å². The molecule has 0 fully saturated rings. The third-order valence-corrected chi connectivity index (χ3v) is 11.4. The quantitative estimate of drug-likeness (QED) is 0.0263. The molecule has 0 heterocycles. The Hall–Kier alpha value is -2.11. The van der Waals surface area contributed by atoms with Gasteiger partial charge in [-0.25, -0.2) is 0 Å². The maximum Gasteiger partial charge on any atom is 0.306 e. The third-order valence-electron chi connectivity index (χ3n) is 11.4. The molecule has 346 valence electrons. The average molecular weight is 831 g/mol. The number of allylic oxidation sites excluding steroid dienone is 4. The molecule has 6 heteroatoms. The summed E-state index contributed by atoms with van der Waals surface area (Å²) in [6, 6.07) is 0. The van der Waals surface area contributed by atoms with E-state index >= 15 is 0 Å². The first kappa shape index (κ1) is 56.9. The molecule has 59 heavy (non-hydrogen) atoms. The normalized spacial score (nSPS) is 12.1. The molecule has 6 nitrogen and oxygen atoms in total. The molecule has 0 N–H and O–H groups in total. The topological polar surface area (TPSA) is 78.9 Å². The summed E-state index contributed by atoms with van der Waals surface area (Å²) in [6.45, 7) is 6.61. The first-order chi connectivity index (χ1) is 29.0. The molecule has 0 saturated carbocycles. The number of esters is 3. The number of hydrogen-bond donors (Lipinski definition) is 0. The monoisotopic (exact) mass is 831 g/mol. The van der Waals surface area contributed by atoms with Gasteiger partial charge in [0.1, 0.15) is 13.2 Å². The predicted octanol–water partition coefficient (Wildman–Crippen LogP) is 16.8. The number of ether oxygens (including phenoxy) is 3. The van der Waals surface area contributed by atoms with Crippen molar-refractivity contribution in [3.8, 4) is 0 Å². The molecule has 0 spiro atoms. The van der Waals surface area contributed by atoms with Gasteiger partial charge in [-0.05, 0) is 70.6 Å². The first-order valence-corrected chi connectivity index (χ1v) is 25.8. The predicted molar refractivity (Wildman–Crippen MR) is 252 cm³/mol. The molecule has 0 saturated heterocycles. The van der Waals surface area contributed by atoms with E-state index in [1.165, 1.54) is 173 Å². The van der Waals surface area contributed by atoms with Gasteiger partial charge in [-0.1, -0.05) is 212 Å². The third kappa shape index (κ3) is 46.8. The van der Waals surface area contributed by atoms with Gasteiger partial charge in [0.15, 0.2) is 6.10 Å². The number of rotatable bonds is 47. The molecule has 0 radical (unpaired) electrons. The van der Waals surface area contributed by atoms with E-state index in [2.05, 4.69) is 45.1 Å². The smallest absolute Gasteiger partial charge is 0.306 e. The zero-order valence-corrected chi connectivity index (χ0v) is 39.5. The maximum atomic E-state index is 12.7. The van der Waals surface area contributed by atoms with Crippen molar-refractivity contribution in [2.24, 2.45) is 0 Å². The van der Waals surface area contributed by atoms with Crippen LogP contribution in [0.15, 0.2) is 24.3 Å². The average Bonchev–Trinajstić information content (AvgIpc) is 3.23. The fraction of sp³-hybridized carbons (Fsp3) is 0.868. The van der Waals surface area contributed by atoms with E-state index in [9.17, 15) is 14.4 Å². The lowest BCUT2D eigenvalue weighted by atomic mass is 10.1. The van der Waals surface area contributed by atoms with Crippen LogP contribution >= 0.6 is 0 Å². The summed E-state index contributed by atoms with van der Waals surface area (Å²) in [5.41, 5.74) is 0. The van der Waals surface area contributed by atoms with E-state index in [1.54, 1.807) is 0 Å². The van der Waals surface area contributed by atoms with Gasteiger partial charge in [0.2, 0.25) is 0 Å². The molecular weight excluding hydrogens is 733 g/mol.